The van der Waals surface area contributed by atoms with Crippen LogP contribution in [-0.2, 0) is 27.7 Å². The van der Waals surface area contributed by atoms with Crippen LogP contribution in [0.2, 0.25) is 0 Å². The molecule has 2 aliphatic rings. The summed E-state index contributed by atoms with van der Waals surface area (Å²) in [5.74, 6) is -0.150. The van der Waals surface area contributed by atoms with Crippen molar-refractivity contribution < 1.29 is 13.2 Å². The second-order valence-corrected chi connectivity index (χ2v) is 8.20. The zero-order valence-corrected chi connectivity index (χ0v) is 13.6. The standard InChI is InChI=1S/C16H22N2O3S/c1-22(20,21)18-9-5-4-8-15(18)16(19)17-14-10-12-6-2-3-7-13(12)11-14/h2-3,6-7,14-15H,4-5,8-11H2,1H3,(H,17,19). The molecule has 6 heteroatoms. The van der Waals surface area contributed by atoms with Gasteiger partial charge < -0.3 is 5.32 Å². The zero-order valence-electron chi connectivity index (χ0n) is 12.8. The second-order valence-electron chi connectivity index (χ2n) is 6.27. The first-order valence-corrected chi connectivity index (χ1v) is 9.64. The average molecular weight is 322 g/mol. The number of nitrogens with one attached hydrogen (secondary N) is 1. The lowest BCUT2D eigenvalue weighted by Crippen LogP contribution is -2.53. The predicted octanol–water partition coefficient (Wildman–Crippen LogP) is 1.08. The number of rotatable bonds is 3. The van der Waals surface area contributed by atoms with E-state index >= 15 is 0 Å². The summed E-state index contributed by atoms with van der Waals surface area (Å²) in [7, 11) is -3.33. The molecule has 1 aromatic carbocycles. The van der Waals surface area contributed by atoms with Crippen molar-refractivity contribution in [2.45, 2.75) is 44.2 Å². The Balaban J connectivity index is 1.67. The Bertz CT molecular complexity index is 647. The van der Waals surface area contributed by atoms with Gasteiger partial charge in [0, 0.05) is 12.6 Å². The molecule has 1 heterocycles. The first kappa shape index (κ1) is 15.5. The Hall–Kier alpha value is -1.40. The molecule has 1 atom stereocenters. The minimum absolute atomic E-state index is 0.0771. The summed E-state index contributed by atoms with van der Waals surface area (Å²) >= 11 is 0. The fourth-order valence-corrected chi connectivity index (χ4v) is 4.65. The van der Waals surface area contributed by atoms with Crippen LogP contribution in [0, 0.1) is 0 Å². The highest BCUT2D eigenvalue weighted by Gasteiger charge is 2.35. The van der Waals surface area contributed by atoms with Gasteiger partial charge in [0.05, 0.1) is 6.26 Å². The molecule has 1 N–H and O–H groups in total. The van der Waals surface area contributed by atoms with Crippen LogP contribution in [-0.4, -0.2) is 43.5 Å². The van der Waals surface area contributed by atoms with Crippen LogP contribution in [0.15, 0.2) is 24.3 Å². The Kier molecular flexibility index (Phi) is 4.23. The molecule has 1 amide bonds. The molecule has 1 aliphatic heterocycles. The minimum atomic E-state index is -3.33. The SMILES string of the molecule is CS(=O)(=O)N1CCCCC1C(=O)NC1Cc2ccccc2C1. The van der Waals surface area contributed by atoms with Crippen LogP contribution in [0.1, 0.15) is 30.4 Å². The molecule has 22 heavy (non-hydrogen) atoms. The molecule has 5 nitrogen and oxygen atoms in total. The van der Waals surface area contributed by atoms with Gasteiger partial charge in [0.15, 0.2) is 0 Å². The molecule has 0 radical (unpaired) electrons. The van der Waals surface area contributed by atoms with Crippen LogP contribution in [0.5, 0.6) is 0 Å². The molecular formula is C16H22N2O3S. The summed E-state index contributed by atoms with van der Waals surface area (Å²) in [5, 5.41) is 3.05. The van der Waals surface area contributed by atoms with E-state index in [1.165, 1.54) is 21.7 Å². The van der Waals surface area contributed by atoms with Crippen LogP contribution in [0.25, 0.3) is 0 Å². The van der Waals surface area contributed by atoms with Crippen molar-refractivity contribution in [3.05, 3.63) is 35.4 Å². The summed E-state index contributed by atoms with van der Waals surface area (Å²) in [5.41, 5.74) is 2.55. The van der Waals surface area contributed by atoms with Crippen molar-refractivity contribution in [2.75, 3.05) is 12.8 Å². The summed E-state index contributed by atoms with van der Waals surface area (Å²) in [6, 6.07) is 7.72. The van der Waals surface area contributed by atoms with Gasteiger partial charge in [-0.05, 0) is 36.8 Å². The summed E-state index contributed by atoms with van der Waals surface area (Å²) in [6.07, 6.45) is 5.17. The highest BCUT2D eigenvalue weighted by molar-refractivity contribution is 7.88. The molecular weight excluding hydrogens is 300 g/mol. The maximum Gasteiger partial charge on any atom is 0.238 e. The molecule has 1 unspecified atom stereocenters. The first-order chi connectivity index (χ1) is 10.4. The minimum Gasteiger partial charge on any atom is -0.351 e. The molecule has 120 valence electrons. The van der Waals surface area contributed by atoms with Crippen molar-refractivity contribution in [1.82, 2.24) is 9.62 Å². The molecule has 1 saturated heterocycles. The highest BCUT2D eigenvalue weighted by atomic mass is 32.2. The molecule has 3 rings (SSSR count). The van der Waals surface area contributed by atoms with Crippen molar-refractivity contribution in [3.8, 4) is 0 Å². The molecule has 0 bridgehead atoms. The van der Waals surface area contributed by atoms with E-state index in [4.69, 9.17) is 0 Å². The molecule has 1 aliphatic carbocycles. The lowest BCUT2D eigenvalue weighted by molar-refractivity contribution is -0.126. The largest absolute Gasteiger partial charge is 0.351 e. The fourth-order valence-electron chi connectivity index (χ4n) is 3.52. The Morgan fingerprint density at radius 1 is 1.18 bits per heavy atom. The van der Waals surface area contributed by atoms with Gasteiger partial charge in [-0.2, -0.15) is 4.31 Å². The maximum atomic E-state index is 12.5. The third-order valence-electron chi connectivity index (χ3n) is 4.58. The van der Waals surface area contributed by atoms with Crippen molar-refractivity contribution in [3.63, 3.8) is 0 Å². The molecule has 1 fully saturated rings. The monoisotopic (exact) mass is 322 g/mol. The van der Waals surface area contributed by atoms with Crippen molar-refractivity contribution in [1.29, 1.82) is 0 Å². The van der Waals surface area contributed by atoms with Gasteiger partial charge in [0.25, 0.3) is 0 Å². The van der Waals surface area contributed by atoms with E-state index in [9.17, 15) is 13.2 Å². The third kappa shape index (κ3) is 3.17. The highest BCUT2D eigenvalue weighted by Crippen LogP contribution is 2.24. The number of benzene rings is 1. The predicted molar refractivity (Wildman–Crippen MR) is 85.0 cm³/mol. The number of nitrogens with zero attached hydrogens (tertiary/aromatic N) is 1. The Morgan fingerprint density at radius 3 is 2.41 bits per heavy atom. The smallest absolute Gasteiger partial charge is 0.238 e. The number of carbonyl (C=O) groups is 1. The van der Waals surface area contributed by atoms with Gasteiger partial charge in [-0.3, -0.25) is 4.79 Å². The fraction of sp³-hybridized carbons (Fsp3) is 0.562. The van der Waals surface area contributed by atoms with Crippen molar-refractivity contribution >= 4 is 15.9 Å². The molecule has 0 saturated carbocycles. The van der Waals surface area contributed by atoms with E-state index < -0.39 is 16.1 Å². The van der Waals surface area contributed by atoms with E-state index in [1.807, 2.05) is 12.1 Å². The quantitative estimate of drug-likeness (QED) is 0.906. The first-order valence-electron chi connectivity index (χ1n) is 7.79. The number of hydrogen-bond acceptors (Lipinski definition) is 3. The van der Waals surface area contributed by atoms with Gasteiger partial charge in [-0.25, -0.2) is 8.42 Å². The van der Waals surface area contributed by atoms with E-state index in [2.05, 4.69) is 17.4 Å². The molecule has 0 spiro atoms. The Labute approximate surface area is 131 Å². The van der Waals surface area contributed by atoms with Crippen LogP contribution in [0.4, 0.5) is 0 Å². The lowest BCUT2D eigenvalue weighted by Gasteiger charge is -2.33. The summed E-state index contributed by atoms with van der Waals surface area (Å²) in [4.78, 5) is 12.5. The zero-order chi connectivity index (χ0) is 15.7. The van der Waals surface area contributed by atoms with Gasteiger partial charge in [0.2, 0.25) is 15.9 Å². The van der Waals surface area contributed by atoms with Crippen LogP contribution >= 0.6 is 0 Å². The van der Waals surface area contributed by atoms with Crippen LogP contribution in [0.3, 0.4) is 0 Å². The van der Waals surface area contributed by atoms with Crippen molar-refractivity contribution in [2.24, 2.45) is 0 Å². The normalized spacial score (nSPS) is 23.2. The lowest BCUT2D eigenvalue weighted by atomic mass is 10.0. The van der Waals surface area contributed by atoms with E-state index in [1.54, 1.807) is 0 Å². The van der Waals surface area contributed by atoms with E-state index in [-0.39, 0.29) is 11.9 Å². The molecule has 1 aromatic rings. The summed E-state index contributed by atoms with van der Waals surface area (Å²) in [6.45, 7) is 0.446. The van der Waals surface area contributed by atoms with Gasteiger partial charge in [0.1, 0.15) is 6.04 Å². The third-order valence-corrected chi connectivity index (χ3v) is 5.87. The van der Waals surface area contributed by atoms with E-state index in [0.717, 1.165) is 25.7 Å². The summed E-state index contributed by atoms with van der Waals surface area (Å²) < 4.78 is 25.1. The average Bonchev–Trinajstić information content (AvgIpc) is 2.88. The number of hydrogen-bond donors (Lipinski definition) is 1. The second kappa shape index (κ2) is 6.01. The molecule has 0 aromatic heterocycles. The number of fused-ring (bicyclic) bond motifs is 1. The number of sulfonamides is 1. The topological polar surface area (TPSA) is 66.5 Å². The van der Waals surface area contributed by atoms with E-state index in [0.29, 0.717) is 13.0 Å². The van der Waals surface area contributed by atoms with Gasteiger partial charge in [-0.15, -0.1) is 0 Å². The van der Waals surface area contributed by atoms with Crippen LogP contribution < -0.4 is 5.32 Å². The maximum absolute atomic E-state index is 12.5. The Morgan fingerprint density at radius 2 is 1.82 bits per heavy atom. The van der Waals surface area contributed by atoms with Gasteiger partial charge >= 0.3 is 0 Å². The number of carbonyl (C=O) groups excluding carboxylic acids is 1. The number of amides is 1. The number of piperidine rings is 1. The van der Waals surface area contributed by atoms with Gasteiger partial charge in [-0.1, -0.05) is 30.7 Å².